The van der Waals surface area contributed by atoms with Crippen molar-refractivity contribution in [3.8, 4) is 11.4 Å². The quantitative estimate of drug-likeness (QED) is 0.243. The molecule has 0 unspecified atom stereocenters. The normalized spacial score (nSPS) is 10.7. The van der Waals surface area contributed by atoms with Crippen LogP contribution in [0.1, 0.15) is 15.9 Å². The first-order chi connectivity index (χ1) is 17.0. The largest absolute Gasteiger partial charge is 0.338 e. The lowest BCUT2D eigenvalue weighted by Crippen LogP contribution is -2.19. The average molecular weight is 462 g/mol. The molecule has 5 aromatic rings. The van der Waals surface area contributed by atoms with Gasteiger partial charge in [-0.1, -0.05) is 29.8 Å². The number of fused-ring (bicyclic) bond motifs is 1. The SMILES string of the molecule is Cc1ccc(C(=O)Nc2ccc(NC(=O)Nc3ccc(-c4nc5ccccc5[nH]4)cc3)cc2)cc1. The molecule has 0 atom stereocenters. The molecule has 1 aromatic heterocycles. The first kappa shape index (κ1) is 21.9. The summed E-state index contributed by atoms with van der Waals surface area (Å²) in [4.78, 5) is 32.7. The molecule has 0 bridgehead atoms. The van der Waals surface area contributed by atoms with Crippen LogP contribution >= 0.6 is 0 Å². The van der Waals surface area contributed by atoms with Gasteiger partial charge in [0.05, 0.1) is 11.0 Å². The molecule has 0 spiro atoms. The van der Waals surface area contributed by atoms with Crippen molar-refractivity contribution in [1.29, 1.82) is 0 Å². The fraction of sp³-hybridized carbons (Fsp3) is 0.0357. The van der Waals surface area contributed by atoms with Crippen molar-refractivity contribution in [1.82, 2.24) is 9.97 Å². The van der Waals surface area contributed by atoms with Crippen LogP contribution in [0.5, 0.6) is 0 Å². The van der Waals surface area contributed by atoms with E-state index in [1.807, 2.05) is 67.6 Å². The maximum absolute atomic E-state index is 12.4. The maximum atomic E-state index is 12.4. The number of aromatic amines is 1. The molecule has 4 aromatic carbocycles. The summed E-state index contributed by atoms with van der Waals surface area (Å²) < 4.78 is 0. The number of aromatic nitrogens is 2. The van der Waals surface area contributed by atoms with Gasteiger partial charge in [0.1, 0.15) is 5.82 Å². The first-order valence-electron chi connectivity index (χ1n) is 11.1. The second-order valence-electron chi connectivity index (χ2n) is 8.16. The van der Waals surface area contributed by atoms with E-state index in [9.17, 15) is 9.59 Å². The summed E-state index contributed by atoms with van der Waals surface area (Å²) >= 11 is 0. The van der Waals surface area contributed by atoms with Crippen LogP contribution in [0.15, 0.2) is 97.1 Å². The molecule has 0 aliphatic carbocycles. The molecule has 0 fully saturated rings. The van der Waals surface area contributed by atoms with E-state index >= 15 is 0 Å². The summed E-state index contributed by atoms with van der Waals surface area (Å²) in [7, 11) is 0. The zero-order valence-corrected chi connectivity index (χ0v) is 19.0. The van der Waals surface area contributed by atoms with Crippen LogP contribution < -0.4 is 16.0 Å². The van der Waals surface area contributed by atoms with Crippen molar-refractivity contribution < 1.29 is 9.59 Å². The first-order valence-corrected chi connectivity index (χ1v) is 11.1. The van der Waals surface area contributed by atoms with Crippen molar-refractivity contribution >= 4 is 40.0 Å². The summed E-state index contributed by atoms with van der Waals surface area (Å²) in [5, 5.41) is 8.46. The summed E-state index contributed by atoms with van der Waals surface area (Å²) in [5.74, 6) is 0.589. The number of hydrogen-bond acceptors (Lipinski definition) is 3. The number of nitrogens with one attached hydrogen (secondary N) is 4. The molecule has 5 rings (SSSR count). The molecule has 172 valence electrons. The highest BCUT2D eigenvalue weighted by atomic mass is 16.2. The molecule has 3 amide bonds. The molecule has 7 heteroatoms. The summed E-state index contributed by atoms with van der Waals surface area (Å²) in [6, 6.07) is 29.3. The van der Waals surface area contributed by atoms with Gasteiger partial charge in [-0.15, -0.1) is 0 Å². The summed E-state index contributed by atoms with van der Waals surface area (Å²) in [5.41, 5.74) is 6.40. The molecule has 0 aliphatic heterocycles. The molecule has 0 saturated carbocycles. The van der Waals surface area contributed by atoms with Crippen molar-refractivity contribution in [3.05, 3.63) is 108 Å². The number of amides is 3. The van der Waals surface area contributed by atoms with Crippen LogP contribution in [-0.4, -0.2) is 21.9 Å². The van der Waals surface area contributed by atoms with Crippen molar-refractivity contribution in [3.63, 3.8) is 0 Å². The Morgan fingerprint density at radius 3 is 1.89 bits per heavy atom. The van der Waals surface area contributed by atoms with Gasteiger partial charge in [-0.05, 0) is 79.7 Å². The lowest BCUT2D eigenvalue weighted by atomic mass is 10.1. The van der Waals surface area contributed by atoms with Gasteiger partial charge in [-0.3, -0.25) is 4.79 Å². The zero-order chi connectivity index (χ0) is 24.2. The van der Waals surface area contributed by atoms with E-state index in [0.717, 1.165) is 28.0 Å². The molecule has 7 nitrogen and oxygen atoms in total. The topological polar surface area (TPSA) is 98.9 Å². The Morgan fingerprint density at radius 1 is 0.686 bits per heavy atom. The molecule has 0 radical (unpaired) electrons. The Labute approximate surface area is 202 Å². The Kier molecular flexibility index (Phi) is 5.96. The molecular formula is C28H23N5O2. The van der Waals surface area contributed by atoms with Gasteiger partial charge in [0, 0.05) is 28.2 Å². The number of nitrogens with zero attached hydrogens (tertiary/aromatic N) is 1. The summed E-state index contributed by atoms with van der Waals surface area (Å²) in [6.07, 6.45) is 0. The van der Waals surface area contributed by atoms with E-state index < -0.39 is 0 Å². The highest BCUT2D eigenvalue weighted by Gasteiger charge is 2.08. The van der Waals surface area contributed by atoms with E-state index in [2.05, 4.69) is 25.9 Å². The zero-order valence-electron chi connectivity index (χ0n) is 19.0. The van der Waals surface area contributed by atoms with Crippen molar-refractivity contribution in [2.75, 3.05) is 16.0 Å². The van der Waals surface area contributed by atoms with Gasteiger partial charge in [0.15, 0.2) is 0 Å². The van der Waals surface area contributed by atoms with Gasteiger partial charge >= 0.3 is 6.03 Å². The van der Waals surface area contributed by atoms with Crippen molar-refractivity contribution in [2.45, 2.75) is 6.92 Å². The van der Waals surface area contributed by atoms with Gasteiger partial charge in [0.2, 0.25) is 0 Å². The minimum atomic E-state index is -0.363. The fourth-order valence-electron chi connectivity index (χ4n) is 3.64. The third-order valence-electron chi connectivity index (χ3n) is 5.52. The maximum Gasteiger partial charge on any atom is 0.323 e. The van der Waals surface area contributed by atoms with Crippen LogP contribution in [0.2, 0.25) is 0 Å². The number of imidazole rings is 1. The van der Waals surface area contributed by atoms with E-state index in [4.69, 9.17) is 0 Å². The Morgan fingerprint density at radius 2 is 1.26 bits per heavy atom. The lowest BCUT2D eigenvalue weighted by Gasteiger charge is -2.10. The second-order valence-corrected chi connectivity index (χ2v) is 8.16. The number of benzene rings is 4. The number of para-hydroxylation sites is 2. The third kappa shape index (κ3) is 5.20. The number of urea groups is 1. The van der Waals surface area contributed by atoms with Crippen LogP contribution in [-0.2, 0) is 0 Å². The standard InChI is InChI=1S/C28H23N5O2/c1-18-6-8-20(9-7-18)27(34)29-21-14-16-23(17-15-21)31-28(35)30-22-12-10-19(11-13-22)26-32-24-4-2-3-5-25(24)33-26/h2-17H,1H3,(H,29,34)(H,32,33)(H2,30,31,35). The molecule has 35 heavy (non-hydrogen) atoms. The van der Waals surface area contributed by atoms with Crippen LogP contribution in [0.3, 0.4) is 0 Å². The Balaban J connectivity index is 1.17. The molecule has 0 aliphatic rings. The third-order valence-corrected chi connectivity index (χ3v) is 5.52. The second kappa shape index (κ2) is 9.52. The number of anilines is 3. The minimum Gasteiger partial charge on any atom is -0.338 e. The Hall–Kier alpha value is -4.91. The minimum absolute atomic E-state index is 0.186. The number of carbonyl (C=O) groups is 2. The molecule has 4 N–H and O–H groups in total. The number of rotatable bonds is 5. The number of carbonyl (C=O) groups excluding carboxylic acids is 2. The predicted molar refractivity (Wildman–Crippen MR) is 140 cm³/mol. The smallest absolute Gasteiger partial charge is 0.323 e. The van der Waals surface area contributed by atoms with Crippen LogP contribution in [0.4, 0.5) is 21.9 Å². The number of hydrogen-bond donors (Lipinski definition) is 4. The fourth-order valence-corrected chi connectivity index (χ4v) is 3.64. The number of aryl methyl sites for hydroxylation is 1. The van der Waals surface area contributed by atoms with Gasteiger partial charge in [0.25, 0.3) is 5.91 Å². The number of H-pyrrole nitrogens is 1. The van der Waals surface area contributed by atoms with Crippen LogP contribution in [0, 0.1) is 6.92 Å². The average Bonchev–Trinajstić information content (AvgIpc) is 3.30. The van der Waals surface area contributed by atoms with E-state index in [0.29, 0.717) is 22.6 Å². The highest BCUT2D eigenvalue weighted by Crippen LogP contribution is 2.22. The van der Waals surface area contributed by atoms with Crippen LogP contribution in [0.25, 0.3) is 22.4 Å². The van der Waals surface area contributed by atoms with E-state index in [1.165, 1.54) is 0 Å². The van der Waals surface area contributed by atoms with E-state index in [-0.39, 0.29) is 11.9 Å². The molecule has 0 saturated heterocycles. The molecular weight excluding hydrogens is 438 g/mol. The monoisotopic (exact) mass is 461 g/mol. The molecule has 1 heterocycles. The highest BCUT2D eigenvalue weighted by molar-refractivity contribution is 6.04. The van der Waals surface area contributed by atoms with Crippen molar-refractivity contribution in [2.24, 2.45) is 0 Å². The predicted octanol–water partition coefficient (Wildman–Crippen LogP) is 6.43. The van der Waals surface area contributed by atoms with Gasteiger partial charge in [-0.25, -0.2) is 9.78 Å². The Bertz CT molecular complexity index is 1450. The van der Waals surface area contributed by atoms with Gasteiger partial charge < -0.3 is 20.9 Å². The summed E-state index contributed by atoms with van der Waals surface area (Å²) in [6.45, 7) is 1.97. The van der Waals surface area contributed by atoms with E-state index in [1.54, 1.807) is 36.4 Å². The van der Waals surface area contributed by atoms with Gasteiger partial charge in [-0.2, -0.15) is 0 Å². The lowest BCUT2D eigenvalue weighted by molar-refractivity contribution is 0.102.